The molecule has 0 amide bonds. The minimum absolute atomic E-state index is 0.0352. The fourth-order valence-electron chi connectivity index (χ4n) is 1.28. The smallest absolute Gasteiger partial charge is 0.372 e. The SMILES string of the molecule is COc1cc(/C=C/C(=O)CC(=O)C(=O)O)ccc1O. The lowest BCUT2D eigenvalue weighted by atomic mass is 10.1. The van der Waals surface area contributed by atoms with Gasteiger partial charge in [-0.1, -0.05) is 12.1 Å². The predicted octanol–water partition coefficient (Wildman–Crippen LogP) is 1.03. The minimum atomic E-state index is -1.63. The van der Waals surface area contributed by atoms with Crippen LogP contribution in [0.3, 0.4) is 0 Å². The highest BCUT2D eigenvalue weighted by atomic mass is 16.5. The van der Waals surface area contributed by atoms with Gasteiger partial charge in [-0.25, -0.2) is 4.79 Å². The van der Waals surface area contributed by atoms with E-state index >= 15 is 0 Å². The van der Waals surface area contributed by atoms with E-state index in [1.807, 2.05) is 0 Å². The van der Waals surface area contributed by atoms with E-state index in [1.54, 1.807) is 6.07 Å². The molecule has 0 bridgehead atoms. The number of rotatable bonds is 6. The number of phenolic OH excluding ortho intramolecular Hbond substituents is 1. The molecule has 1 aromatic rings. The van der Waals surface area contributed by atoms with Gasteiger partial charge in [0.1, 0.15) is 0 Å². The molecule has 0 atom stereocenters. The van der Waals surface area contributed by atoms with Crippen molar-refractivity contribution in [2.24, 2.45) is 0 Å². The molecular weight excluding hydrogens is 252 g/mol. The van der Waals surface area contributed by atoms with Crippen LogP contribution in [0.2, 0.25) is 0 Å². The number of phenols is 1. The fraction of sp³-hybridized carbons (Fsp3) is 0.154. The van der Waals surface area contributed by atoms with Crippen LogP contribution in [0.15, 0.2) is 24.3 Å². The summed E-state index contributed by atoms with van der Waals surface area (Å²) in [4.78, 5) is 32.4. The number of carbonyl (C=O) groups excluding carboxylic acids is 2. The molecule has 2 N–H and O–H groups in total. The van der Waals surface area contributed by atoms with Crippen LogP contribution in [0.4, 0.5) is 0 Å². The molecule has 0 aromatic heterocycles. The lowest BCUT2D eigenvalue weighted by molar-refractivity contribution is -0.149. The van der Waals surface area contributed by atoms with Crippen molar-refractivity contribution in [3.05, 3.63) is 29.8 Å². The van der Waals surface area contributed by atoms with E-state index in [0.717, 1.165) is 6.08 Å². The molecule has 0 aliphatic rings. The maximum absolute atomic E-state index is 11.3. The number of aliphatic carboxylic acids is 1. The Labute approximate surface area is 108 Å². The number of benzene rings is 1. The molecule has 0 spiro atoms. The highest BCUT2D eigenvalue weighted by molar-refractivity contribution is 6.37. The molecule has 6 heteroatoms. The summed E-state index contributed by atoms with van der Waals surface area (Å²) in [6.07, 6.45) is 1.83. The molecule has 0 radical (unpaired) electrons. The molecule has 0 fully saturated rings. The van der Waals surface area contributed by atoms with Gasteiger partial charge in [0.2, 0.25) is 5.78 Å². The van der Waals surface area contributed by atoms with Gasteiger partial charge in [0, 0.05) is 0 Å². The first-order valence-corrected chi connectivity index (χ1v) is 5.28. The second-order valence-corrected chi connectivity index (χ2v) is 3.64. The first-order chi connectivity index (χ1) is 8.93. The van der Waals surface area contributed by atoms with Crippen LogP contribution < -0.4 is 4.74 Å². The molecule has 100 valence electrons. The summed E-state index contributed by atoms with van der Waals surface area (Å²) in [6.45, 7) is 0. The van der Waals surface area contributed by atoms with Crippen LogP contribution in [-0.2, 0) is 14.4 Å². The Kier molecular flexibility index (Phi) is 4.82. The van der Waals surface area contributed by atoms with E-state index in [4.69, 9.17) is 9.84 Å². The predicted molar refractivity (Wildman–Crippen MR) is 66.0 cm³/mol. The van der Waals surface area contributed by atoms with E-state index in [9.17, 15) is 19.5 Å². The van der Waals surface area contributed by atoms with Gasteiger partial charge in [-0.15, -0.1) is 0 Å². The summed E-state index contributed by atoms with van der Waals surface area (Å²) in [5, 5.41) is 17.7. The normalized spacial score (nSPS) is 10.4. The van der Waals surface area contributed by atoms with Gasteiger partial charge in [-0.3, -0.25) is 9.59 Å². The second-order valence-electron chi connectivity index (χ2n) is 3.64. The van der Waals surface area contributed by atoms with E-state index < -0.39 is 24.0 Å². The molecule has 0 aliphatic heterocycles. The average molecular weight is 264 g/mol. The maximum atomic E-state index is 11.3. The number of carboxylic acids is 1. The van der Waals surface area contributed by atoms with Gasteiger partial charge >= 0.3 is 5.97 Å². The van der Waals surface area contributed by atoms with Gasteiger partial charge in [0.05, 0.1) is 13.5 Å². The average Bonchev–Trinajstić information content (AvgIpc) is 2.37. The Balaban J connectivity index is 2.74. The van der Waals surface area contributed by atoms with Crippen molar-refractivity contribution < 1.29 is 29.3 Å². The third kappa shape index (κ3) is 4.27. The third-order valence-corrected chi connectivity index (χ3v) is 2.24. The number of ether oxygens (including phenoxy) is 1. The topological polar surface area (TPSA) is 101 Å². The number of carbonyl (C=O) groups is 3. The number of aromatic hydroxyl groups is 1. The van der Waals surface area contributed by atoms with E-state index in [-0.39, 0.29) is 11.5 Å². The fourth-order valence-corrected chi connectivity index (χ4v) is 1.28. The number of hydrogen-bond donors (Lipinski definition) is 2. The van der Waals surface area contributed by atoms with E-state index in [0.29, 0.717) is 5.56 Å². The van der Waals surface area contributed by atoms with Crippen molar-refractivity contribution in [1.29, 1.82) is 0 Å². The Bertz CT molecular complexity index is 544. The molecular formula is C13H12O6. The summed E-state index contributed by atoms with van der Waals surface area (Å²) >= 11 is 0. The maximum Gasteiger partial charge on any atom is 0.372 e. The number of methoxy groups -OCH3 is 1. The van der Waals surface area contributed by atoms with E-state index in [2.05, 4.69) is 0 Å². The van der Waals surface area contributed by atoms with Crippen LogP contribution in [0, 0.1) is 0 Å². The second kappa shape index (κ2) is 6.34. The van der Waals surface area contributed by atoms with Crippen molar-refractivity contribution in [1.82, 2.24) is 0 Å². The molecule has 0 aliphatic carbocycles. The quantitative estimate of drug-likeness (QED) is 0.452. The molecule has 1 aromatic carbocycles. The minimum Gasteiger partial charge on any atom is -0.504 e. The van der Waals surface area contributed by atoms with Gasteiger partial charge in [-0.05, 0) is 23.8 Å². The molecule has 6 nitrogen and oxygen atoms in total. The third-order valence-electron chi connectivity index (χ3n) is 2.24. The number of carboxylic acid groups (broad SMARTS) is 1. The van der Waals surface area contributed by atoms with Crippen molar-refractivity contribution in [2.75, 3.05) is 7.11 Å². The lowest BCUT2D eigenvalue weighted by Crippen LogP contribution is -2.15. The molecule has 0 saturated heterocycles. The molecule has 19 heavy (non-hydrogen) atoms. The number of ketones is 2. The monoisotopic (exact) mass is 264 g/mol. The largest absolute Gasteiger partial charge is 0.504 e. The highest BCUT2D eigenvalue weighted by Gasteiger charge is 2.14. The first-order valence-electron chi connectivity index (χ1n) is 5.28. The summed E-state index contributed by atoms with van der Waals surface area (Å²) in [5.74, 6) is -3.19. The van der Waals surface area contributed by atoms with Crippen LogP contribution in [0.5, 0.6) is 11.5 Å². The standard InChI is InChI=1S/C13H12O6/c1-19-12-6-8(3-5-10(12)15)2-4-9(14)7-11(16)13(17)18/h2-6,15H,7H2,1H3,(H,17,18)/b4-2+. The molecule has 0 unspecified atom stereocenters. The number of allylic oxidation sites excluding steroid dienone is 1. The zero-order valence-electron chi connectivity index (χ0n) is 10.1. The van der Waals surface area contributed by atoms with Gasteiger partial charge < -0.3 is 14.9 Å². The highest BCUT2D eigenvalue weighted by Crippen LogP contribution is 2.26. The van der Waals surface area contributed by atoms with Gasteiger partial charge in [0.25, 0.3) is 0 Å². The first kappa shape index (κ1) is 14.4. The van der Waals surface area contributed by atoms with Crippen LogP contribution in [-0.4, -0.2) is 34.9 Å². The molecule has 0 heterocycles. The number of hydrogen-bond acceptors (Lipinski definition) is 5. The van der Waals surface area contributed by atoms with Crippen molar-refractivity contribution in [3.63, 3.8) is 0 Å². The summed E-state index contributed by atoms with van der Waals surface area (Å²) < 4.78 is 4.89. The summed E-state index contributed by atoms with van der Waals surface area (Å²) in [7, 11) is 1.39. The van der Waals surface area contributed by atoms with Crippen LogP contribution >= 0.6 is 0 Å². The number of Topliss-reactive ketones (excluding diaryl/α,β-unsaturated/α-hetero) is 1. The zero-order valence-corrected chi connectivity index (χ0v) is 10.1. The Morgan fingerprint density at radius 1 is 1.32 bits per heavy atom. The molecule has 1 rings (SSSR count). The summed E-state index contributed by atoms with van der Waals surface area (Å²) in [6, 6.07) is 4.43. The van der Waals surface area contributed by atoms with Gasteiger partial charge in [0.15, 0.2) is 17.3 Å². The lowest BCUT2D eigenvalue weighted by Gasteiger charge is -2.03. The van der Waals surface area contributed by atoms with Crippen molar-refractivity contribution in [2.45, 2.75) is 6.42 Å². The van der Waals surface area contributed by atoms with Crippen molar-refractivity contribution in [3.8, 4) is 11.5 Å². The summed E-state index contributed by atoms with van der Waals surface area (Å²) in [5.41, 5.74) is 0.575. The Morgan fingerprint density at radius 3 is 2.58 bits per heavy atom. The molecule has 0 saturated carbocycles. The van der Waals surface area contributed by atoms with Crippen LogP contribution in [0.1, 0.15) is 12.0 Å². The Morgan fingerprint density at radius 2 is 2.00 bits per heavy atom. The van der Waals surface area contributed by atoms with E-state index in [1.165, 1.54) is 25.3 Å². The van der Waals surface area contributed by atoms with Crippen LogP contribution in [0.25, 0.3) is 6.08 Å². The Hall–Kier alpha value is -2.63. The van der Waals surface area contributed by atoms with Crippen molar-refractivity contribution >= 4 is 23.6 Å². The zero-order chi connectivity index (χ0) is 14.4. The van der Waals surface area contributed by atoms with Gasteiger partial charge in [-0.2, -0.15) is 0 Å².